The van der Waals surface area contributed by atoms with Crippen molar-refractivity contribution in [1.82, 2.24) is 20.3 Å². The van der Waals surface area contributed by atoms with Crippen LogP contribution in [-0.2, 0) is 4.79 Å². The van der Waals surface area contributed by atoms with E-state index in [2.05, 4.69) is 15.6 Å². The van der Waals surface area contributed by atoms with Gasteiger partial charge in [0.05, 0.1) is 6.20 Å². The number of aromatic nitrogens is 3. The Bertz CT molecular complexity index is 385. The summed E-state index contributed by atoms with van der Waals surface area (Å²) in [4.78, 5) is 22.3. The fourth-order valence-electron chi connectivity index (χ4n) is 1.47. The summed E-state index contributed by atoms with van der Waals surface area (Å²) >= 11 is 0. The van der Waals surface area contributed by atoms with Gasteiger partial charge in [0.15, 0.2) is 6.29 Å². The van der Waals surface area contributed by atoms with E-state index in [4.69, 9.17) is 0 Å². The summed E-state index contributed by atoms with van der Waals surface area (Å²) in [6.45, 7) is 5.78. The lowest BCUT2D eigenvalue weighted by Crippen LogP contribution is -2.38. The standard InChI is InChI=1S/C11H18N4O2/c1-4-9(5-2)12-11(17)8(3)15-6-10(7-16)13-14-15/h6-9H,4-5H2,1-3H3,(H,12,17). The molecule has 0 bridgehead atoms. The molecule has 0 aliphatic heterocycles. The molecule has 1 aromatic rings. The molecule has 0 spiro atoms. The molecular weight excluding hydrogens is 220 g/mol. The molecular formula is C11H18N4O2. The normalized spacial score (nSPS) is 12.5. The van der Waals surface area contributed by atoms with Crippen molar-refractivity contribution >= 4 is 12.2 Å². The van der Waals surface area contributed by atoms with Crippen LogP contribution in [0.5, 0.6) is 0 Å². The van der Waals surface area contributed by atoms with Crippen LogP contribution in [0.15, 0.2) is 6.20 Å². The Morgan fingerprint density at radius 3 is 2.65 bits per heavy atom. The predicted molar refractivity (Wildman–Crippen MR) is 62.6 cm³/mol. The van der Waals surface area contributed by atoms with Gasteiger partial charge in [0.2, 0.25) is 5.91 Å². The monoisotopic (exact) mass is 238 g/mol. The molecule has 1 N–H and O–H groups in total. The molecule has 1 heterocycles. The van der Waals surface area contributed by atoms with Gasteiger partial charge in [0, 0.05) is 6.04 Å². The number of nitrogens with zero attached hydrogens (tertiary/aromatic N) is 3. The Morgan fingerprint density at radius 2 is 2.18 bits per heavy atom. The molecule has 0 saturated carbocycles. The molecule has 0 aromatic carbocycles. The third-order valence-electron chi connectivity index (χ3n) is 2.76. The van der Waals surface area contributed by atoms with E-state index in [0.717, 1.165) is 12.8 Å². The number of rotatable bonds is 6. The summed E-state index contributed by atoms with van der Waals surface area (Å²) in [6, 6.07) is -0.282. The number of amides is 1. The highest BCUT2D eigenvalue weighted by Crippen LogP contribution is 2.06. The molecule has 0 aliphatic rings. The van der Waals surface area contributed by atoms with Crippen molar-refractivity contribution < 1.29 is 9.59 Å². The Hall–Kier alpha value is -1.72. The molecule has 17 heavy (non-hydrogen) atoms. The number of carbonyl (C=O) groups excluding carboxylic acids is 2. The molecule has 1 rings (SSSR count). The van der Waals surface area contributed by atoms with E-state index in [9.17, 15) is 9.59 Å². The number of nitrogens with one attached hydrogen (secondary N) is 1. The molecule has 0 radical (unpaired) electrons. The lowest BCUT2D eigenvalue weighted by atomic mass is 10.1. The van der Waals surface area contributed by atoms with E-state index in [-0.39, 0.29) is 17.6 Å². The minimum atomic E-state index is -0.461. The number of hydrogen-bond donors (Lipinski definition) is 1. The first kappa shape index (κ1) is 13.3. The van der Waals surface area contributed by atoms with E-state index in [0.29, 0.717) is 6.29 Å². The molecule has 94 valence electrons. The maximum atomic E-state index is 11.9. The number of aldehydes is 1. The van der Waals surface area contributed by atoms with Gasteiger partial charge in [-0.05, 0) is 19.8 Å². The molecule has 1 unspecified atom stereocenters. The lowest BCUT2D eigenvalue weighted by Gasteiger charge is -2.18. The average Bonchev–Trinajstić information content (AvgIpc) is 2.83. The van der Waals surface area contributed by atoms with E-state index < -0.39 is 6.04 Å². The Morgan fingerprint density at radius 1 is 1.53 bits per heavy atom. The summed E-state index contributed by atoms with van der Waals surface area (Å²) in [7, 11) is 0. The van der Waals surface area contributed by atoms with Crippen molar-refractivity contribution in [3.05, 3.63) is 11.9 Å². The van der Waals surface area contributed by atoms with Gasteiger partial charge >= 0.3 is 0 Å². The van der Waals surface area contributed by atoms with Crippen molar-refractivity contribution in [2.75, 3.05) is 0 Å². The molecule has 6 heteroatoms. The van der Waals surface area contributed by atoms with Crippen LogP contribution in [0.1, 0.15) is 50.1 Å². The van der Waals surface area contributed by atoms with Gasteiger partial charge in [-0.25, -0.2) is 4.68 Å². The van der Waals surface area contributed by atoms with Crippen LogP contribution in [0.25, 0.3) is 0 Å². The van der Waals surface area contributed by atoms with Crippen LogP contribution in [0.4, 0.5) is 0 Å². The lowest BCUT2D eigenvalue weighted by molar-refractivity contribution is -0.124. The predicted octanol–water partition coefficient (Wildman–Crippen LogP) is 0.956. The molecule has 0 aliphatic carbocycles. The van der Waals surface area contributed by atoms with Crippen molar-refractivity contribution in [3.8, 4) is 0 Å². The summed E-state index contributed by atoms with van der Waals surface area (Å²) < 4.78 is 1.39. The fourth-order valence-corrected chi connectivity index (χ4v) is 1.47. The van der Waals surface area contributed by atoms with Crippen molar-refractivity contribution in [3.63, 3.8) is 0 Å². The highest BCUT2D eigenvalue weighted by Gasteiger charge is 2.18. The molecule has 6 nitrogen and oxygen atoms in total. The van der Waals surface area contributed by atoms with Crippen LogP contribution in [0.2, 0.25) is 0 Å². The van der Waals surface area contributed by atoms with Gasteiger partial charge in [0.1, 0.15) is 11.7 Å². The topological polar surface area (TPSA) is 76.9 Å². The zero-order valence-electron chi connectivity index (χ0n) is 10.4. The largest absolute Gasteiger partial charge is 0.352 e. The van der Waals surface area contributed by atoms with E-state index >= 15 is 0 Å². The third-order valence-corrected chi connectivity index (χ3v) is 2.76. The van der Waals surface area contributed by atoms with Gasteiger partial charge in [-0.1, -0.05) is 19.1 Å². The smallest absolute Gasteiger partial charge is 0.244 e. The zero-order valence-corrected chi connectivity index (χ0v) is 10.4. The van der Waals surface area contributed by atoms with Gasteiger partial charge in [-0.3, -0.25) is 9.59 Å². The van der Waals surface area contributed by atoms with Crippen LogP contribution in [-0.4, -0.2) is 33.2 Å². The highest BCUT2D eigenvalue weighted by molar-refractivity contribution is 5.80. The maximum absolute atomic E-state index is 11.9. The minimum Gasteiger partial charge on any atom is -0.352 e. The Labute approximate surface area is 100 Å². The minimum absolute atomic E-state index is 0.110. The van der Waals surface area contributed by atoms with Crippen LogP contribution >= 0.6 is 0 Å². The van der Waals surface area contributed by atoms with E-state index in [1.807, 2.05) is 13.8 Å². The Balaban J connectivity index is 2.65. The molecule has 1 atom stereocenters. The van der Waals surface area contributed by atoms with Crippen molar-refractivity contribution in [2.45, 2.75) is 45.7 Å². The van der Waals surface area contributed by atoms with Gasteiger partial charge in [-0.2, -0.15) is 0 Å². The van der Waals surface area contributed by atoms with E-state index in [1.165, 1.54) is 10.9 Å². The van der Waals surface area contributed by atoms with Crippen molar-refractivity contribution in [1.29, 1.82) is 0 Å². The highest BCUT2D eigenvalue weighted by atomic mass is 16.2. The quantitative estimate of drug-likeness (QED) is 0.749. The van der Waals surface area contributed by atoms with Crippen LogP contribution < -0.4 is 5.32 Å². The summed E-state index contributed by atoms with van der Waals surface area (Å²) in [5.74, 6) is -0.110. The molecule has 0 saturated heterocycles. The van der Waals surface area contributed by atoms with Gasteiger partial charge in [-0.15, -0.1) is 5.10 Å². The molecule has 0 fully saturated rings. The Kier molecular flexibility index (Phi) is 4.81. The second-order valence-electron chi connectivity index (χ2n) is 3.94. The SMILES string of the molecule is CCC(CC)NC(=O)C(C)n1cc(C=O)nn1. The summed E-state index contributed by atoms with van der Waals surface area (Å²) in [5.41, 5.74) is 0.229. The van der Waals surface area contributed by atoms with E-state index in [1.54, 1.807) is 6.92 Å². The molecule has 1 amide bonds. The fraction of sp³-hybridized carbons (Fsp3) is 0.636. The summed E-state index contributed by atoms with van der Waals surface area (Å²) in [6.07, 6.45) is 3.86. The third kappa shape index (κ3) is 3.37. The van der Waals surface area contributed by atoms with Crippen LogP contribution in [0, 0.1) is 0 Å². The van der Waals surface area contributed by atoms with Gasteiger partial charge in [0.25, 0.3) is 0 Å². The molecule has 1 aromatic heterocycles. The number of carbonyl (C=O) groups is 2. The van der Waals surface area contributed by atoms with Gasteiger partial charge < -0.3 is 5.32 Å². The summed E-state index contributed by atoms with van der Waals surface area (Å²) in [5, 5.41) is 10.3. The number of hydrogen-bond acceptors (Lipinski definition) is 4. The first-order chi connectivity index (χ1) is 8.12. The second kappa shape index (κ2) is 6.12. The second-order valence-corrected chi connectivity index (χ2v) is 3.94. The van der Waals surface area contributed by atoms with Crippen molar-refractivity contribution in [2.24, 2.45) is 0 Å². The first-order valence-electron chi connectivity index (χ1n) is 5.79. The van der Waals surface area contributed by atoms with Crippen LogP contribution in [0.3, 0.4) is 0 Å². The zero-order chi connectivity index (χ0) is 12.8. The average molecular weight is 238 g/mol. The first-order valence-corrected chi connectivity index (χ1v) is 5.79. The maximum Gasteiger partial charge on any atom is 0.244 e.